The molecule has 0 aromatic heterocycles. The molecule has 0 atom stereocenters. The van der Waals surface area contributed by atoms with Crippen molar-refractivity contribution in [3.8, 4) is 29.1 Å². The summed E-state index contributed by atoms with van der Waals surface area (Å²) in [4.78, 5) is 22.8. The largest absolute Gasteiger partial charge is 0.449 e. The third kappa shape index (κ3) is 2.51. The van der Waals surface area contributed by atoms with Crippen molar-refractivity contribution in [1.82, 2.24) is 0 Å². The SMILES string of the molecule is CC(=O)Oc1c2c(c(OC(C)=O)c3cc(C#N)ccc13)OCO2. The van der Waals surface area contributed by atoms with Crippen LogP contribution >= 0.6 is 0 Å². The van der Waals surface area contributed by atoms with Gasteiger partial charge in [-0.25, -0.2) is 0 Å². The van der Waals surface area contributed by atoms with Gasteiger partial charge in [0.05, 0.1) is 11.6 Å². The van der Waals surface area contributed by atoms with Gasteiger partial charge in [0.15, 0.2) is 11.5 Å². The summed E-state index contributed by atoms with van der Waals surface area (Å²) in [7, 11) is 0. The summed E-state index contributed by atoms with van der Waals surface area (Å²) in [6.45, 7) is 2.42. The van der Waals surface area contributed by atoms with Crippen molar-refractivity contribution >= 4 is 22.7 Å². The van der Waals surface area contributed by atoms with Crippen LogP contribution in [0.25, 0.3) is 10.8 Å². The van der Waals surface area contributed by atoms with E-state index in [1.807, 2.05) is 6.07 Å². The zero-order valence-electron chi connectivity index (χ0n) is 12.3. The average Bonchev–Trinajstić information content (AvgIpc) is 2.98. The molecule has 1 heterocycles. The van der Waals surface area contributed by atoms with E-state index in [0.29, 0.717) is 16.3 Å². The van der Waals surface area contributed by atoms with Crippen LogP contribution in [-0.4, -0.2) is 18.7 Å². The van der Waals surface area contributed by atoms with E-state index in [-0.39, 0.29) is 29.8 Å². The van der Waals surface area contributed by atoms with Crippen LogP contribution in [0.5, 0.6) is 23.0 Å². The third-order valence-corrected chi connectivity index (χ3v) is 3.15. The zero-order valence-corrected chi connectivity index (χ0v) is 12.3. The van der Waals surface area contributed by atoms with E-state index < -0.39 is 11.9 Å². The number of benzene rings is 2. The first kappa shape index (κ1) is 14.7. The second-order valence-corrected chi connectivity index (χ2v) is 4.78. The fourth-order valence-electron chi connectivity index (χ4n) is 2.35. The summed E-state index contributed by atoms with van der Waals surface area (Å²) >= 11 is 0. The van der Waals surface area contributed by atoms with E-state index >= 15 is 0 Å². The Labute approximate surface area is 130 Å². The first-order valence-electron chi connectivity index (χ1n) is 6.67. The van der Waals surface area contributed by atoms with Gasteiger partial charge in [0.1, 0.15) is 0 Å². The van der Waals surface area contributed by atoms with Gasteiger partial charge in [-0.1, -0.05) is 0 Å². The standard InChI is InChI=1S/C16H11NO6/c1-8(18)22-13-11-4-3-10(6-17)5-12(11)14(23-9(2)19)16-15(13)20-7-21-16/h3-5H,7H2,1-2H3. The highest BCUT2D eigenvalue weighted by Gasteiger charge is 2.30. The maximum absolute atomic E-state index is 11.4. The predicted octanol–water partition coefficient (Wildman–Crippen LogP) is 2.29. The molecule has 23 heavy (non-hydrogen) atoms. The lowest BCUT2D eigenvalue weighted by molar-refractivity contribution is -0.133. The molecule has 0 unspecified atom stereocenters. The molecule has 116 valence electrons. The summed E-state index contributed by atoms with van der Waals surface area (Å²) in [6.07, 6.45) is 0. The lowest BCUT2D eigenvalue weighted by atomic mass is 10.0. The van der Waals surface area contributed by atoms with Crippen LogP contribution in [0.15, 0.2) is 18.2 Å². The molecule has 0 radical (unpaired) electrons. The monoisotopic (exact) mass is 313 g/mol. The van der Waals surface area contributed by atoms with Crippen LogP contribution in [0.2, 0.25) is 0 Å². The zero-order chi connectivity index (χ0) is 16.6. The number of hydrogen-bond acceptors (Lipinski definition) is 7. The van der Waals surface area contributed by atoms with Gasteiger partial charge in [-0.05, 0) is 18.2 Å². The molecule has 0 bridgehead atoms. The fourth-order valence-corrected chi connectivity index (χ4v) is 2.35. The van der Waals surface area contributed by atoms with Crippen molar-refractivity contribution in [2.24, 2.45) is 0 Å². The number of nitrogens with zero attached hydrogens (tertiary/aromatic N) is 1. The van der Waals surface area contributed by atoms with Crippen molar-refractivity contribution in [1.29, 1.82) is 5.26 Å². The number of nitriles is 1. The molecule has 7 heteroatoms. The molecule has 0 aliphatic carbocycles. The Hall–Kier alpha value is -3.27. The summed E-state index contributed by atoms with van der Waals surface area (Å²) in [6, 6.07) is 6.70. The molecular formula is C16H11NO6. The lowest BCUT2D eigenvalue weighted by Gasteiger charge is -2.14. The van der Waals surface area contributed by atoms with Crippen molar-refractivity contribution in [2.75, 3.05) is 6.79 Å². The molecule has 1 aliphatic rings. The third-order valence-electron chi connectivity index (χ3n) is 3.15. The summed E-state index contributed by atoms with van der Waals surface area (Å²) in [5, 5.41) is 9.97. The van der Waals surface area contributed by atoms with Crippen LogP contribution in [-0.2, 0) is 9.59 Å². The molecule has 0 saturated heterocycles. The van der Waals surface area contributed by atoms with Crippen molar-refractivity contribution in [3.63, 3.8) is 0 Å². The van der Waals surface area contributed by atoms with Crippen molar-refractivity contribution < 1.29 is 28.5 Å². The molecule has 0 amide bonds. The lowest BCUT2D eigenvalue weighted by Crippen LogP contribution is -2.06. The van der Waals surface area contributed by atoms with E-state index in [0.717, 1.165) is 0 Å². The van der Waals surface area contributed by atoms with Gasteiger partial charge in [-0.2, -0.15) is 5.26 Å². The van der Waals surface area contributed by atoms with Crippen molar-refractivity contribution in [3.05, 3.63) is 23.8 Å². The number of ether oxygens (including phenoxy) is 4. The Balaban J connectivity index is 2.38. The van der Waals surface area contributed by atoms with Crippen LogP contribution in [0, 0.1) is 11.3 Å². The molecule has 7 nitrogen and oxygen atoms in total. The highest BCUT2D eigenvalue weighted by atomic mass is 16.7. The Bertz CT molecular complexity index is 880. The quantitative estimate of drug-likeness (QED) is 0.620. The number of rotatable bonds is 2. The predicted molar refractivity (Wildman–Crippen MR) is 77.4 cm³/mol. The summed E-state index contributed by atoms with van der Waals surface area (Å²) < 4.78 is 21.2. The van der Waals surface area contributed by atoms with Crippen LogP contribution in [0.1, 0.15) is 19.4 Å². The summed E-state index contributed by atoms with van der Waals surface area (Å²) in [5.41, 5.74) is 0.360. The molecule has 0 saturated carbocycles. The molecule has 2 aromatic carbocycles. The minimum atomic E-state index is -0.549. The van der Waals surface area contributed by atoms with E-state index in [4.69, 9.17) is 24.2 Å². The molecule has 0 N–H and O–H groups in total. The Morgan fingerprint density at radius 2 is 1.61 bits per heavy atom. The van der Waals surface area contributed by atoms with Gasteiger partial charge in [0, 0.05) is 24.6 Å². The van der Waals surface area contributed by atoms with E-state index in [9.17, 15) is 9.59 Å². The number of fused-ring (bicyclic) bond motifs is 2. The Kier molecular flexibility index (Phi) is 3.50. The molecule has 3 rings (SSSR count). The number of hydrogen-bond donors (Lipinski definition) is 0. The number of esters is 2. The van der Waals surface area contributed by atoms with Gasteiger partial charge in [-0.15, -0.1) is 0 Å². The Morgan fingerprint density at radius 1 is 1.04 bits per heavy atom. The minimum absolute atomic E-state index is 0.0979. The number of carbonyl (C=O) groups excluding carboxylic acids is 2. The smallest absolute Gasteiger partial charge is 0.308 e. The van der Waals surface area contributed by atoms with Crippen molar-refractivity contribution in [2.45, 2.75) is 13.8 Å². The highest BCUT2D eigenvalue weighted by molar-refractivity contribution is 6.01. The highest BCUT2D eigenvalue weighted by Crippen LogP contribution is 2.53. The molecule has 2 aromatic rings. The van der Waals surface area contributed by atoms with E-state index in [2.05, 4.69) is 0 Å². The average molecular weight is 313 g/mol. The topological polar surface area (TPSA) is 94.9 Å². The van der Waals surface area contributed by atoms with Gasteiger partial charge in [-0.3, -0.25) is 9.59 Å². The first-order chi connectivity index (χ1) is 11.0. The first-order valence-corrected chi connectivity index (χ1v) is 6.67. The second-order valence-electron chi connectivity index (χ2n) is 4.78. The van der Waals surface area contributed by atoms with Gasteiger partial charge >= 0.3 is 11.9 Å². The maximum atomic E-state index is 11.4. The van der Waals surface area contributed by atoms with Crippen LogP contribution in [0.4, 0.5) is 0 Å². The van der Waals surface area contributed by atoms with Gasteiger partial charge in [0.25, 0.3) is 0 Å². The molecule has 0 spiro atoms. The van der Waals surface area contributed by atoms with Gasteiger partial charge < -0.3 is 18.9 Å². The molecule has 1 aliphatic heterocycles. The maximum Gasteiger partial charge on any atom is 0.308 e. The van der Waals surface area contributed by atoms with Crippen LogP contribution < -0.4 is 18.9 Å². The normalized spacial score (nSPS) is 11.9. The molecule has 0 fully saturated rings. The van der Waals surface area contributed by atoms with Crippen LogP contribution in [0.3, 0.4) is 0 Å². The molecular weight excluding hydrogens is 302 g/mol. The second kappa shape index (κ2) is 5.50. The van der Waals surface area contributed by atoms with E-state index in [1.54, 1.807) is 12.1 Å². The minimum Gasteiger partial charge on any atom is -0.449 e. The van der Waals surface area contributed by atoms with Gasteiger partial charge in [0.2, 0.25) is 18.3 Å². The summed E-state index contributed by atoms with van der Waals surface area (Å²) in [5.74, 6) is -0.429. The van der Waals surface area contributed by atoms with E-state index in [1.165, 1.54) is 19.9 Å². The fraction of sp³-hybridized carbons (Fsp3) is 0.188. The number of carbonyl (C=O) groups is 2. The Morgan fingerprint density at radius 3 is 2.13 bits per heavy atom.